The molecule has 3 aromatic carbocycles. The summed E-state index contributed by atoms with van der Waals surface area (Å²) in [7, 11) is 0. The van der Waals surface area contributed by atoms with Crippen molar-refractivity contribution in [1.82, 2.24) is 39.8 Å². The Bertz CT molecular complexity index is 2570. The number of aromatic amines is 1. The van der Waals surface area contributed by atoms with Crippen molar-refractivity contribution in [2.75, 3.05) is 49.5 Å². The Balaban J connectivity index is 0.664. The van der Waals surface area contributed by atoms with Crippen molar-refractivity contribution in [2.24, 2.45) is 5.92 Å². The van der Waals surface area contributed by atoms with Crippen molar-refractivity contribution in [3.63, 3.8) is 0 Å². The van der Waals surface area contributed by atoms with Crippen molar-refractivity contribution in [1.29, 1.82) is 0 Å². The molecule has 5 aliphatic rings. The van der Waals surface area contributed by atoms with Crippen LogP contribution in [0.2, 0.25) is 0 Å². The van der Waals surface area contributed by atoms with Crippen LogP contribution in [0.15, 0.2) is 73.1 Å². The fraction of sp³-hybridized carbons (Fsp3) is 0.438. The van der Waals surface area contributed by atoms with Crippen LogP contribution in [0.3, 0.4) is 0 Å². The molecule has 0 radical (unpaired) electrons. The Hall–Kier alpha value is -6.19. The minimum absolute atomic E-state index is 0.100. The van der Waals surface area contributed by atoms with E-state index in [1.807, 2.05) is 54.7 Å². The lowest BCUT2D eigenvalue weighted by Gasteiger charge is -2.36. The fourth-order valence-electron chi connectivity index (χ4n) is 10.2. The first-order chi connectivity index (χ1) is 30.6. The Morgan fingerprint density at radius 2 is 1.62 bits per heavy atom. The molecule has 2 atom stereocenters. The molecule has 1 unspecified atom stereocenters. The van der Waals surface area contributed by atoms with Gasteiger partial charge < -0.3 is 20.1 Å². The third-order valence-corrected chi connectivity index (χ3v) is 14.1. The van der Waals surface area contributed by atoms with Gasteiger partial charge in [-0.1, -0.05) is 12.1 Å². The molecule has 4 fully saturated rings. The molecule has 5 aromatic rings. The number of nitrogens with one attached hydrogen (secondary N) is 3. The predicted octanol–water partition coefficient (Wildman–Crippen LogP) is 6.01. The van der Waals surface area contributed by atoms with Crippen molar-refractivity contribution >= 4 is 51.9 Å². The summed E-state index contributed by atoms with van der Waals surface area (Å²) in [6.07, 6.45) is 12.1. The third-order valence-electron chi connectivity index (χ3n) is 14.1. The number of anilines is 2. The van der Waals surface area contributed by atoms with Gasteiger partial charge in [0.25, 0.3) is 17.7 Å². The molecule has 15 nitrogen and oxygen atoms in total. The summed E-state index contributed by atoms with van der Waals surface area (Å²) in [4.78, 5) is 80.3. The first-order valence-corrected chi connectivity index (χ1v) is 22.6. The topological polar surface area (TPSA) is 169 Å². The van der Waals surface area contributed by atoms with E-state index in [2.05, 4.69) is 48.1 Å². The smallest absolute Gasteiger partial charge is 0.262 e. The van der Waals surface area contributed by atoms with E-state index in [9.17, 15) is 24.0 Å². The average Bonchev–Trinajstić information content (AvgIpc) is 4.10. The number of piperidine rings is 3. The van der Waals surface area contributed by atoms with E-state index in [0.717, 1.165) is 122 Å². The minimum Gasteiger partial charge on any atom is -0.371 e. The Morgan fingerprint density at radius 3 is 2.38 bits per heavy atom. The molecule has 0 bridgehead atoms. The maximum Gasteiger partial charge on any atom is 0.262 e. The van der Waals surface area contributed by atoms with Crippen LogP contribution in [0.1, 0.15) is 108 Å². The second-order valence-electron chi connectivity index (χ2n) is 18.1. The quantitative estimate of drug-likeness (QED) is 0.134. The van der Waals surface area contributed by atoms with Gasteiger partial charge in [-0.2, -0.15) is 5.10 Å². The molecule has 63 heavy (non-hydrogen) atoms. The second-order valence-corrected chi connectivity index (χ2v) is 18.1. The van der Waals surface area contributed by atoms with Crippen LogP contribution >= 0.6 is 0 Å². The molecule has 5 amide bonds. The lowest BCUT2D eigenvalue weighted by Crippen LogP contribution is -2.54. The van der Waals surface area contributed by atoms with Crippen LogP contribution in [0.25, 0.3) is 22.2 Å². The normalized spacial score (nSPS) is 21.7. The maximum atomic E-state index is 13.3. The predicted molar refractivity (Wildman–Crippen MR) is 238 cm³/mol. The van der Waals surface area contributed by atoms with Crippen molar-refractivity contribution in [3.8, 4) is 11.1 Å². The second kappa shape index (κ2) is 17.2. The Labute approximate surface area is 366 Å². The molecule has 326 valence electrons. The molecule has 15 heteroatoms. The van der Waals surface area contributed by atoms with Crippen molar-refractivity contribution < 1.29 is 24.0 Å². The van der Waals surface area contributed by atoms with E-state index < -0.39 is 23.8 Å². The number of fused-ring (bicyclic) bond motifs is 2. The monoisotopic (exact) mass is 850 g/mol. The third kappa shape index (κ3) is 8.39. The highest BCUT2D eigenvalue weighted by molar-refractivity contribution is 6.23. The number of imide groups is 2. The van der Waals surface area contributed by atoms with E-state index in [1.165, 1.54) is 12.8 Å². The number of aromatic nitrogens is 4. The number of likely N-dealkylation sites (tertiary alicyclic amines) is 2. The number of carbonyl (C=O) groups is 5. The zero-order valence-corrected chi connectivity index (χ0v) is 35.7. The first kappa shape index (κ1) is 40.9. The molecule has 7 heterocycles. The standard InChI is InChI=1S/C48H54N10O5/c1-30-3-2-19-56(30)29-43-51-40-11-8-35(25-41(40)52-43)50-45(60)33-6-4-32(5-7-33)34-27-49-57(28-34)36-17-21-54(22-18-36)20-14-31-15-23-55(24-16-31)37-9-10-38-39(26-37)48(63)58(47(38)62)42-12-13-44(59)53-46(42)61/h4-11,25-28,30-31,36,42H,2-3,12-24,29H2,1H3,(H,50,60)(H,51,52)(H,53,59,61)/t30-,42?/m0/s1. The lowest BCUT2D eigenvalue weighted by molar-refractivity contribution is -0.136. The van der Waals surface area contributed by atoms with E-state index in [1.54, 1.807) is 12.1 Å². The fourth-order valence-corrected chi connectivity index (χ4v) is 10.2. The number of hydrogen-bond acceptors (Lipinski definition) is 10. The molecule has 2 aromatic heterocycles. The maximum absolute atomic E-state index is 13.3. The first-order valence-electron chi connectivity index (χ1n) is 22.6. The van der Waals surface area contributed by atoms with Crippen LogP contribution < -0.4 is 15.5 Å². The summed E-state index contributed by atoms with van der Waals surface area (Å²) in [6, 6.07) is 18.9. The van der Waals surface area contributed by atoms with Gasteiger partial charge in [0, 0.05) is 67.3 Å². The zero-order chi connectivity index (χ0) is 43.2. The molecular weight excluding hydrogens is 797 g/mol. The number of rotatable bonds is 11. The van der Waals surface area contributed by atoms with Gasteiger partial charge in [0.1, 0.15) is 11.9 Å². The molecular formula is C48H54N10O5. The molecule has 0 aliphatic carbocycles. The molecule has 0 spiro atoms. The van der Waals surface area contributed by atoms with Gasteiger partial charge in [-0.25, -0.2) is 4.98 Å². The van der Waals surface area contributed by atoms with Gasteiger partial charge in [-0.15, -0.1) is 0 Å². The van der Waals surface area contributed by atoms with E-state index in [0.29, 0.717) is 34.7 Å². The number of imidazole rings is 1. The Kier molecular flexibility index (Phi) is 11.1. The highest BCUT2D eigenvalue weighted by Gasteiger charge is 2.45. The summed E-state index contributed by atoms with van der Waals surface area (Å²) in [5.41, 5.74) is 6.75. The SMILES string of the molecule is C[C@H]1CCCN1Cc1nc2ccc(NC(=O)c3ccc(-c4cnn(C5CCN(CCC6CCN(c7ccc8c(c7)C(=O)N(C7CCC(=O)NC7=O)C8=O)CC6)CC5)c4)cc3)cc2[nH]1. The van der Waals surface area contributed by atoms with E-state index in [4.69, 9.17) is 10.1 Å². The highest BCUT2D eigenvalue weighted by Crippen LogP contribution is 2.34. The number of carbonyl (C=O) groups excluding carboxylic acids is 5. The van der Waals surface area contributed by atoms with Crippen molar-refractivity contribution in [2.45, 2.75) is 89.4 Å². The van der Waals surface area contributed by atoms with Gasteiger partial charge in [-0.3, -0.25) is 43.8 Å². The van der Waals surface area contributed by atoms with Gasteiger partial charge >= 0.3 is 0 Å². The van der Waals surface area contributed by atoms with Crippen LogP contribution in [0, 0.1) is 5.92 Å². The van der Waals surface area contributed by atoms with Crippen molar-refractivity contribution in [3.05, 3.63) is 95.6 Å². The largest absolute Gasteiger partial charge is 0.371 e. The van der Waals surface area contributed by atoms with Crippen LogP contribution in [-0.4, -0.2) is 115 Å². The van der Waals surface area contributed by atoms with Gasteiger partial charge in [-0.05, 0) is 131 Å². The lowest BCUT2D eigenvalue weighted by atomic mass is 9.92. The highest BCUT2D eigenvalue weighted by atomic mass is 16.2. The molecule has 10 rings (SSSR count). The van der Waals surface area contributed by atoms with Crippen LogP contribution in [-0.2, 0) is 16.1 Å². The van der Waals surface area contributed by atoms with Crippen LogP contribution in [0.4, 0.5) is 11.4 Å². The average molecular weight is 851 g/mol. The van der Waals surface area contributed by atoms with Gasteiger partial charge in [0.05, 0.1) is 40.9 Å². The molecule has 4 saturated heterocycles. The molecule has 5 aliphatic heterocycles. The number of H-pyrrole nitrogens is 1. The van der Waals surface area contributed by atoms with E-state index >= 15 is 0 Å². The number of hydrogen-bond donors (Lipinski definition) is 3. The molecule has 3 N–H and O–H groups in total. The number of nitrogens with zero attached hydrogens (tertiary/aromatic N) is 7. The summed E-state index contributed by atoms with van der Waals surface area (Å²) in [5.74, 6) is -0.506. The summed E-state index contributed by atoms with van der Waals surface area (Å²) < 4.78 is 2.11. The Morgan fingerprint density at radius 1 is 0.825 bits per heavy atom. The van der Waals surface area contributed by atoms with E-state index in [-0.39, 0.29) is 24.7 Å². The summed E-state index contributed by atoms with van der Waals surface area (Å²) in [5, 5.41) is 10.1. The number of benzene rings is 3. The minimum atomic E-state index is -0.962. The molecule has 0 saturated carbocycles. The zero-order valence-electron chi connectivity index (χ0n) is 35.7. The summed E-state index contributed by atoms with van der Waals surface area (Å²) >= 11 is 0. The van der Waals surface area contributed by atoms with Gasteiger partial charge in [0.2, 0.25) is 11.8 Å². The summed E-state index contributed by atoms with van der Waals surface area (Å²) in [6.45, 7) is 9.08. The number of amides is 5. The van der Waals surface area contributed by atoms with Crippen LogP contribution in [0.5, 0.6) is 0 Å². The van der Waals surface area contributed by atoms with Gasteiger partial charge in [0.15, 0.2) is 0 Å².